The Morgan fingerprint density at radius 1 is 1.19 bits per heavy atom. The van der Waals surface area contributed by atoms with Crippen molar-refractivity contribution in [3.63, 3.8) is 0 Å². The first kappa shape index (κ1) is 18.6. The van der Waals surface area contributed by atoms with Crippen LogP contribution < -0.4 is 4.90 Å². The number of fused-ring (bicyclic) bond motifs is 1. The Labute approximate surface area is 148 Å². The lowest BCUT2D eigenvalue weighted by Gasteiger charge is -2.31. The monoisotopic (exact) mass is 369 g/mol. The van der Waals surface area contributed by atoms with Gasteiger partial charge in [0.2, 0.25) is 11.8 Å². The molecular weight excluding hydrogens is 351 g/mol. The highest BCUT2D eigenvalue weighted by atomic mass is 19.4. The summed E-state index contributed by atoms with van der Waals surface area (Å²) >= 11 is 0. The van der Waals surface area contributed by atoms with Crippen molar-refractivity contribution >= 4 is 23.8 Å². The van der Waals surface area contributed by atoms with Crippen LogP contribution in [0.1, 0.15) is 32.8 Å². The van der Waals surface area contributed by atoms with Gasteiger partial charge in [-0.2, -0.15) is 13.2 Å². The number of hydrogen-bond donors (Lipinski definition) is 0. The highest BCUT2D eigenvalue weighted by Gasteiger charge is 2.69. The number of rotatable bonds is 3. The SMILES string of the molecule is CCC1(C)OC(C)(C=O)[C@H]2C(=O)N(c3cccc(C(F)(F)F)c3)C(=O)[C@H]21. The Bertz CT molecular complexity index is 793. The van der Waals surface area contributed by atoms with Crippen LogP contribution in [0.2, 0.25) is 0 Å². The Morgan fingerprint density at radius 3 is 2.35 bits per heavy atom. The van der Waals surface area contributed by atoms with Crippen LogP contribution in [-0.2, 0) is 25.3 Å². The van der Waals surface area contributed by atoms with Gasteiger partial charge in [0.1, 0.15) is 5.60 Å². The van der Waals surface area contributed by atoms with Crippen molar-refractivity contribution in [3.8, 4) is 0 Å². The van der Waals surface area contributed by atoms with Gasteiger partial charge >= 0.3 is 6.18 Å². The molecule has 2 aliphatic rings. The number of amides is 2. The molecule has 2 fully saturated rings. The summed E-state index contributed by atoms with van der Waals surface area (Å²) in [5.74, 6) is -3.35. The predicted octanol–water partition coefficient (Wildman–Crippen LogP) is 2.97. The predicted molar refractivity (Wildman–Crippen MR) is 85.2 cm³/mol. The lowest BCUT2D eigenvalue weighted by atomic mass is 9.77. The molecule has 2 saturated heterocycles. The van der Waals surface area contributed by atoms with Crippen LogP contribution in [0.25, 0.3) is 0 Å². The molecule has 0 bridgehead atoms. The molecule has 0 spiro atoms. The first-order valence-electron chi connectivity index (χ1n) is 8.20. The molecule has 2 heterocycles. The standard InChI is InChI=1S/C18H18F3NO4/c1-4-16(2)12-13(17(3,9-23)26-16)15(25)22(14(12)24)11-7-5-6-10(8-11)18(19,20)21/h5-9,12-13H,4H2,1-3H3/t12-,13+,16?,17?/m0/s1. The van der Waals surface area contributed by atoms with E-state index in [2.05, 4.69) is 0 Å². The van der Waals surface area contributed by atoms with Gasteiger partial charge in [0, 0.05) is 0 Å². The van der Waals surface area contributed by atoms with Crippen molar-refractivity contribution in [3.05, 3.63) is 29.8 Å². The van der Waals surface area contributed by atoms with Crippen molar-refractivity contribution < 1.29 is 32.3 Å². The number of alkyl halides is 3. The first-order chi connectivity index (χ1) is 12.0. The molecular formula is C18H18F3NO4. The summed E-state index contributed by atoms with van der Waals surface area (Å²) in [4.78, 5) is 38.2. The molecule has 1 aromatic rings. The van der Waals surface area contributed by atoms with E-state index in [1.807, 2.05) is 0 Å². The fraction of sp³-hybridized carbons (Fsp3) is 0.500. The molecule has 2 amide bonds. The van der Waals surface area contributed by atoms with Gasteiger partial charge in [-0.1, -0.05) is 13.0 Å². The molecule has 2 aliphatic heterocycles. The number of imide groups is 1. The average Bonchev–Trinajstić information content (AvgIpc) is 2.99. The zero-order valence-corrected chi connectivity index (χ0v) is 14.5. The van der Waals surface area contributed by atoms with Gasteiger partial charge in [-0.15, -0.1) is 0 Å². The van der Waals surface area contributed by atoms with E-state index in [-0.39, 0.29) is 5.69 Å². The minimum Gasteiger partial charge on any atom is -0.360 e. The highest BCUT2D eigenvalue weighted by Crippen LogP contribution is 2.53. The first-order valence-corrected chi connectivity index (χ1v) is 8.20. The van der Waals surface area contributed by atoms with Crippen LogP contribution in [0, 0.1) is 11.8 Å². The number of carbonyl (C=O) groups is 3. The van der Waals surface area contributed by atoms with Crippen molar-refractivity contribution in [2.45, 2.75) is 44.6 Å². The van der Waals surface area contributed by atoms with E-state index in [0.29, 0.717) is 12.7 Å². The van der Waals surface area contributed by atoms with E-state index < -0.39 is 46.6 Å². The van der Waals surface area contributed by atoms with E-state index >= 15 is 0 Å². The molecule has 8 heteroatoms. The molecule has 0 aliphatic carbocycles. The number of ether oxygens (including phenoxy) is 1. The number of anilines is 1. The summed E-state index contributed by atoms with van der Waals surface area (Å²) in [6, 6.07) is 4.04. The molecule has 0 N–H and O–H groups in total. The quantitative estimate of drug-likeness (QED) is 0.607. The summed E-state index contributed by atoms with van der Waals surface area (Å²) in [6.45, 7) is 4.83. The van der Waals surface area contributed by atoms with Gasteiger partial charge < -0.3 is 9.53 Å². The van der Waals surface area contributed by atoms with Crippen molar-refractivity contribution in [2.24, 2.45) is 11.8 Å². The van der Waals surface area contributed by atoms with E-state index in [9.17, 15) is 27.6 Å². The zero-order chi connectivity index (χ0) is 19.5. The maximum atomic E-state index is 13.0. The maximum absolute atomic E-state index is 13.0. The van der Waals surface area contributed by atoms with E-state index in [1.54, 1.807) is 13.8 Å². The van der Waals surface area contributed by atoms with Crippen LogP contribution in [0.5, 0.6) is 0 Å². The number of aldehydes is 1. The normalized spacial score (nSPS) is 34.3. The van der Waals surface area contributed by atoms with Crippen LogP contribution in [0.15, 0.2) is 24.3 Å². The number of halogens is 3. The molecule has 3 rings (SSSR count). The minimum absolute atomic E-state index is 0.157. The van der Waals surface area contributed by atoms with Gasteiger partial charge in [0.05, 0.1) is 28.7 Å². The molecule has 1 aromatic carbocycles. The third-order valence-corrected chi connectivity index (χ3v) is 5.40. The lowest BCUT2D eigenvalue weighted by molar-refractivity contribution is -0.149. The summed E-state index contributed by atoms with van der Waals surface area (Å²) < 4.78 is 44.7. The van der Waals surface area contributed by atoms with Crippen LogP contribution in [-0.4, -0.2) is 29.3 Å². The Kier molecular flexibility index (Phi) is 4.03. The molecule has 26 heavy (non-hydrogen) atoms. The Hall–Kier alpha value is -2.22. The van der Waals surface area contributed by atoms with E-state index in [0.717, 1.165) is 23.1 Å². The van der Waals surface area contributed by atoms with Gasteiger partial charge in [0.25, 0.3) is 0 Å². The van der Waals surface area contributed by atoms with E-state index in [1.165, 1.54) is 13.0 Å². The van der Waals surface area contributed by atoms with Gasteiger partial charge in [-0.25, -0.2) is 4.90 Å². The summed E-state index contributed by atoms with van der Waals surface area (Å²) in [7, 11) is 0. The molecule has 0 saturated carbocycles. The van der Waals surface area contributed by atoms with Crippen molar-refractivity contribution in [1.82, 2.24) is 0 Å². The number of carbonyl (C=O) groups excluding carboxylic acids is 3. The smallest absolute Gasteiger partial charge is 0.360 e. The third-order valence-electron chi connectivity index (χ3n) is 5.40. The molecule has 5 nitrogen and oxygen atoms in total. The second-order valence-electron chi connectivity index (χ2n) is 7.09. The second kappa shape index (κ2) is 5.64. The molecule has 0 aromatic heterocycles. The van der Waals surface area contributed by atoms with E-state index in [4.69, 9.17) is 4.74 Å². The zero-order valence-electron chi connectivity index (χ0n) is 14.5. The molecule has 2 unspecified atom stereocenters. The number of benzene rings is 1. The highest BCUT2D eigenvalue weighted by molar-refractivity contribution is 6.23. The van der Waals surface area contributed by atoms with Crippen LogP contribution >= 0.6 is 0 Å². The minimum atomic E-state index is -4.60. The van der Waals surface area contributed by atoms with Crippen molar-refractivity contribution in [2.75, 3.05) is 4.90 Å². The largest absolute Gasteiger partial charge is 0.416 e. The van der Waals surface area contributed by atoms with Crippen LogP contribution in [0.3, 0.4) is 0 Å². The lowest BCUT2D eigenvalue weighted by Crippen LogP contribution is -2.44. The average molecular weight is 369 g/mol. The number of hydrogen-bond acceptors (Lipinski definition) is 4. The third kappa shape index (κ3) is 2.46. The Morgan fingerprint density at radius 2 is 1.81 bits per heavy atom. The summed E-state index contributed by atoms with van der Waals surface area (Å²) in [5, 5.41) is 0. The van der Waals surface area contributed by atoms with Crippen molar-refractivity contribution in [1.29, 1.82) is 0 Å². The molecule has 4 atom stereocenters. The van der Waals surface area contributed by atoms with Gasteiger partial charge in [0.15, 0.2) is 6.29 Å². The molecule has 0 radical (unpaired) electrons. The fourth-order valence-corrected chi connectivity index (χ4v) is 3.96. The van der Waals surface area contributed by atoms with Gasteiger partial charge in [-0.05, 0) is 38.5 Å². The Balaban J connectivity index is 2.09. The second-order valence-corrected chi connectivity index (χ2v) is 7.09. The molecule has 140 valence electrons. The maximum Gasteiger partial charge on any atom is 0.416 e. The van der Waals surface area contributed by atoms with Gasteiger partial charge in [-0.3, -0.25) is 9.59 Å². The number of nitrogens with zero attached hydrogens (tertiary/aromatic N) is 1. The fourth-order valence-electron chi connectivity index (χ4n) is 3.96. The summed E-state index contributed by atoms with van der Waals surface area (Å²) in [5.41, 5.74) is -3.67. The topological polar surface area (TPSA) is 63.7 Å². The van der Waals surface area contributed by atoms with Crippen LogP contribution in [0.4, 0.5) is 18.9 Å². The summed E-state index contributed by atoms with van der Waals surface area (Å²) in [6.07, 6.45) is -3.74.